The van der Waals surface area contributed by atoms with Crippen LogP contribution in [0.3, 0.4) is 0 Å². The van der Waals surface area contributed by atoms with Gasteiger partial charge in [-0.2, -0.15) is 0 Å². The fraction of sp³-hybridized carbons (Fsp3) is 0.118. The number of pyridine rings is 1. The van der Waals surface area contributed by atoms with Crippen molar-refractivity contribution >= 4 is 23.1 Å². The lowest BCUT2D eigenvalue weighted by molar-refractivity contribution is 0.983. The van der Waals surface area contributed by atoms with Gasteiger partial charge in [0.05, 0.1) is 11.0 Å². The van der Waals surface area contributed by atoms with E-state index in [1.165, 1.54) is 5.56 Å². The highest BCUT2D eigenvalue weighted by Crippen LogP contribution is 2.16. The van der Waals surface area contributed by atoms with Gasteiger partial charge in [0.2, 0.25) is 0 Å². The Balaban J connectivity index is 1.82. The molecule has 3 aromatic rings. The van der Waals surface area contributed by atoms with Gasteiger partial charge in [-0.1, -0.05) is 24.3 Å². The third-order valence-corrected chi connectivity index (χ3v) is 3.41. The second-order valence-corrected chi connectivity index (χ2v) is 4.99. The van der Waals surface area contributed by atoms with Crippen molar-refractivity contribution in [3.8, 4) is 0 Å². The van der Waals surface area contributed by atoms with E-state index >= 15 is 0 Å². The number of benzene rings is 1. The summed E-state index contributed by atoms with van der Waals surface area (Å²) in [6.45, 7) is 0. The quantitative estimate of drug-likeness (QED) is 0.560. The van der Waals surface area contributed by atoms with Crippen LogP contribution in [0.1, 0.15) is 17.8 Å². The Morgan fingerprint density at radius 3 is 2.86 bits per heavy atom. The van der Waals surface area contributed by atoms with Gasteiger partial charge < -0.3 is 5.73 Å². The summed E-state index contributed by atoms with van der Waals surface area (Å²) in [6.07, 6.45) is 9.45. The summed E-state index contributed by atoms with van der Waals surface area (Å²) in [5.41, 5.74) is 8.62. The maximum absolute atomic E-state index is 7.68. The maximum atomic E-state index is 7.68. The molecule has 5 nitrogen and oxygen atoms in total. The molecule has 0 saturated carbocycles. The van der Waals surface area contributed by atoms with Gasteiger partial charge in [0.15, 0.2) is 11.7 Å². The van der Waals surface area contributed by atoms with E-state index in [1.807, 2.05) is 47.3 Å². The molecule has 3 N–H and O–H groups in total. The number of hydrogen-bond acceptors (Lipinski definition) is 3. The number of nitrogens with one attached hydrogen (secondary N) is 1. The SMILES string of the molecule is N=C(N)c1nc2ccccc2n1/C=C/CCc1cccnc1. The second kappa shape index (κ2) is 6.22. The first-order valence-electron chi connectivity index (χ1n) is 7.12. The number of nitrogens with two attached hydrogens (primary N) is 1. The number of para-hydroxylation sites is 2. The monoisotopic (exact) mass is 291 g/mol. The van der Waals surface area contributed by atoms with Gasteiger partial charge in [0.25, 0.3) is 0 Å². The van der Waals surface area contributed by atoms with E-state index in [2.05, 4.69) is 22.1 Å². The lowest BCUT2D eigenvalue weighted by Crippen LogP contribution is -2.16. The third kappa shape index (κ3) is 2.88. The van der Waals surface area contributed by atoms with Gasteiger partial charge in [0.1, 0.15) is 0 Å². The topological polar surface area (TPSA) is 80.6 Å². The molecule has 0 fully saturated rings. The Morgan fingerprint density at radius 2 is 2.09 bits per heavy atom. The lowest BCUT2D eigenvalue weighted by atomic mass is 10.1. The Morgan fingerprint density at radius 1 is 1.23 bits per heavy atom. The molecule has 0 spiro atoms. The van der Waals surface area contributed by atoms with Crippen LogP contribution in [0.4, 0.5) is 0 Å². The molecule has 0 unspecified atom stereocenters. The van der Waals surface area contributed by atoms with Crippen LogP contribution in [0, 0.1) is 5.41 Å². The smallest absolute Gasteiger partial charge is 0.180 e. The van der Waals surface area contributed by atoms with Crippen LogP contribution in [0.25, 0.3) is 17.2 Å². The minimum Gasteiger partial charge on any atom is -0.381 e. The van der Waals surface area contributed by atoms with Crippen molar-refractivity contribution in [3.05, 3.63) is 66.3 Å². The Hall–Kier alpha value is -2.95. The summed E-state index contributed by atoms with van der Waals surface area (Å²) in [6, 6.07) is 11.8. The van der Waals surface area contributed by atoms with Gasteiger partial charge in [-0.3, -0.25) is 15.0 Å². The summed E-state index contributed by atoms with van der Waals surface area (Å²) in [5, 5.41) is 7.68. The fourth-order valence-corrected chi connectivity index (χ4v) is 2.36. The third-order valence-electron chi connectivity index (χ3n) is 3.41. The molecule has 0 bridgehead atoms. The number of nitrogen functional groups attached to an aromatic ring is 1. The van der Waals surface area contributed by atoms with Crippen LogP contribution in [-0.2, 0) is 6.42 Å². The Bertz CT molecular complexity index is 817. The minimum atomic E-state index is -0.0342. The second-order valence-electron chi connectivity index (χ2n) is 4.99. The average molecular weight is 291 g/mol. The van der Waals surface area contributed by atoms with Gasteiger partial charge in [-0.05, 0) is 36.6 Å². The van der Waals surface area contributed by atoms with E-state index in [0.29, 0.717) is 5.82 Å². The highest BCUT2D eigenvalue weighted by atomic mass is 15.1. The minimum absolute atomic E-state index is 0.0342. The molecule has 22 heavy (non-hydrogen) atoms. The zero-order chi connectivity index (χ0) is 15.4. The molecule has 0 radical (unpaired) electrons. The molecule has 0 amide bonds. The molecule has 0 aliphatic rings. The zero-order valence-corrected chi connectivity index (χ0v) is 12.1. The van der Waals surface area contributed by atoms with Crippen molar-refractivity contribution < 1.29 is 0 Å². The first-order valence-corrected chi connectivity index (χ1v) is 7.12. The summed E-state index contributed by atoms with van der Waals surface area (Å²) in [5.74, 6) is 0.437. The summed E-state index contributed by atoms with van der Waals surface area (Å²) >= 11 is 0. The van der Waals surface area contributed by atoms with Crippen LogP contribution in [-0.4, -0.2) is 20.4 Å². The number of fused-ring (bicyclic) bond motifs is 1. The highest BCUT2D eigenvalue weighted by molar-refractivity contribution is 5.96. The molecular weight excluding hydrogens is 274 g/mol. The Labute approximate surface area is 128 Å². The largest absolute Gasteiger partial charge is 0.381 e. The average Bonchev–Trinajstić information content (AvgIpc) is 2.92. The highest BCUT2D eigenvalue weighted by Gasteiger charge is 2.10. The van der Waals surface area contributed by atoms with Crippen molar-refractivity contribution in [1.29, 1.82) is 5.41 Å². The van der Waals surface area contributed by atoms with E-state index < -0.39 is 0 Å². The van der Waals surface area contributed by atoms with Crippen molar-refractivity contribution in [2.75, 3.05) is 0 Å². The van der Waals surface area contributed by atoms with E-state index in [1.54, 1.807) is 6.20 Å². The van der Waals surface area contributed by atoms with Gasteiger partial charge >= 0.3 is 0 Å². The number of hydrogen-bond donors (Lipinski definition) is 2. The number of imidazole rings is 1. The van der Waals surface area contributed by atoms with Crippen LogP contribution < -0.4 is 5.73 Å². The van der Waals surface area contributed by atoms with E-state index in [0.717, 1.165) is 23.9 Å². The molecule has 3 rings (SSSR count). The first-order chi connectivity index (χ1) is 10.8. The van der Waals surface area contributed by atoms with E-state index in [-0.39, 0.29) is 5.84 Å². The normalized spacial score (nSPS) is 11.3. The van der Waals surface area contributed by atoms with E-state index in [4.69, 9.17) is 11.1 Å². The number of nitrogens with zero attached hydrogens (tertiary/aromatic N) is 3. The molecule has 1 aromatic carbocycles. The summed E-state index contributed by atoms with van der Waals surface area (Å²) in [7, 11) is 0. The van der Waals surface area contributed by atoms with Crippen LogP contribution in [0.5, 0.6) is 0 Å². The van der Waals surface area contributed by atoms with Crippen LogP contribution in [0.15, 0.2) is 54.9 Å². The standard InChI is InChI=1S/C17H17N5/c18-16(19)17-21-14-8-1-2-9-15(14)22(17)11-4-3-6-13-7-5-10-20-12-13/h1-2,4-5,7-12H,3,6H2,(H3,18,19)/b11-4+. The van der Waals surface area contributed by atoms with Gasteiger partial charge in [-0.15, -0.1) is 0 Å². The molecule has 2 heterocycles. The number of allylic oxidation sites excluding steroid dienone is 1. The van der Waals surface area contributed by atoms with Gasteiger partial charge in [-0.25, -0.2) is 4.98 Å². The molecule has 0 atom stereocenters. The molecule has 0 saturated heterocycles. The van der Waals surface area contributed by atoms with Crippen molar-refractivity contribution in [3.63, 3.8) is 0 Å². The maximum Gasteiger partial charge on any atom is 0.180 e. The predicted molar refractivity (Wildman–Crippen MR) is 88.6 cm³/mol. The zero-order valence-electron chi connectivity index (χ0n) is 12.1. The molecule has 2 aromatic heterocycles. The van der Waals surface area contributed by atoms with Gasteiger partial charge in [0, 0.05) is 18.6 Å². The number of aromatic nitrogens is 3. The van der Waals surface area contributed by atoms with Crippen molar-refractivity contribution in [2.24, 2.45) is 5.73 Å². The molecule has 0 aliphatic heterocycles. The van der Waals surface area contributed by atoms with Crippen molar-refractivity contribution in [1.82, 2.24) is 14.5 Å². The number of aryl methyl sites for hydroxylation is 1. The fourth-order valence-electron chi connectivity index (χ4n) is 2.36. The van der Waals surface area contributed by atoms with Crippen LogP contribution in [0.2, 0.25) is 0 Å². The first kappa shape index (κ1) is 14.0. The van der Waals surface area contributed by atoms with Crippen molar-refractivity contribution in [2.45, 2.75) is 12.8 Å². The Kier molecular flexibility index (Phi) is 3.96. The number of rotatable bonds is 5. The predicted octanol–water partition coefficient (Wildman–Crippen LogP) is 2.82. The lowest BCUT2D eigenvalue weighted by Gasteiger charge is -2.02. The van der Waals surface area contributed by atoms with Crippen LogP contribution >= 0.6 is 0 Å². The summed E-state index contributed by atoms with van der Waals surface area (Å²) < 4.78 is 1.86. The molecular formula is C17H17N5. The van der Waals surface area contributed by atoms with E-state index in [9.17, 15) is 0 Å². The molecule has 5 heteroatoms. The number of amidine groups is 1. The summed E-state index contributed by atoms with van der Waals surface area (Å²) in [4.78, 5) is 8.51. The molecule has 0 aliphatic carbocycles. The molecule has 110 valence electrons.